The molecule has 0 saturated carbocycles. The molecule has 4 heteroatoms. The van der Waals surface area contributed by atoms with Crippen LogP contribution in [0.25, 0.3) is 0 Å². The van der Waals surface area contributed by atoms with E-state index in [2.05, 4.69) is 11.8 Å². The van der Waals surface area contributed by atoms with E-state index in [1.807, 2.05) is 0 Å². The SMILES string of the molecule is CCCCCC(C)ON(O)O. The Hall–Kier alpha value is -0.160. The summed E-state index contributed by atoms with van der Waals surface area (Å²) in [5.41, 5.74) is 0. The van der Waals surface area contributed by atoms with Gasteiger partial charge in [-0.15, -0.1) is 0 Å². The second-order valence-corrected chi connectivity index (χ2v) is 2.66. The Balaban J connectivity index is 3.15. The average molecular weight is 163 g/mol. The highest BCUT2D eigenvalue weighted by Gasteiger charge is 2.04. The van der Waals surface area contributed by atoms with Crippen LogP contribution in [0.2, 0.25) is 0 Å². The van der Waals surface area contributed by atoms with Crippen molar-refractivity contribution in [1.82, 2.24) is 5.39 Å². The lowest BCUT2D eigenvalue weighted by Gasteiger charge is -2.13. The molecule has 1 atom stereocenters. The average Bonchev–Trinajstić information content (AvgIpc) is 1.86. The van der Waals surface area contributed by atoms with Gasteiger partial charge in [-0.05, 0) is 13.3 Å². The van der Waals surface area contributed by atoms with Crippen LogP contribution in [0.3, 0.4) is 0 Å². The van der Waals surface area contributed by atoms with Gasteiger partial charge in [-0.1, -0.05) is 26.2 Å². The fraction of sp³-hybridized carbons (Fsp3) is 1.00. The van der Waals surface area contributed by atoms with Crippen molar-refractivity contribution in [2.24, 2.45) is 0 Å². The molecule has 2 N–H and O–H groups in total. The molecule has 0 fully saturated rings. The Labute approximate surface area is 67.3 Å². The van der Waals surface area contributed by atoms with E-state index in [0.717, 1.165) is 25.7 Å². The molecule has 0 spiro atoms. The molecule has 4 nitrogen and oxygen atoms in total. The molecule has 0 aliphatic carbocycles. The maximum Gasteiger partial charge on any atom is 0.0816 e. The highest BCUT2D eigenvalue weighted by atomic mass is 17.1. The second-order valence-electron chi connectivity index (χ2n) is 2.66. The third kappa shape index (κ3) is 7.74. The summed E-state index contributed by atoms with van der Waals surface area (Å²) in [6, 6.07) is 0. The van der Waals surface area contributed by atoms with Crippen molar-refractivity contribution < 1.29 is 15.3 Å². The molecule has 0 aromatic carbocycles. The van der Waals surface area contributed by atoms with Gasteiger partial charge in [-0.3, -0.25) is 10.4 Å². The Morgan fingerprint density at radius 3 is 2.45 bits per heavy atom. The highest BCUT2D eigenvalue weighted by molar-refractivity contribution is 4.48. The Morgan fingerprint density at radius 2 is 2.00 bits per heavy atom. The van der Waals surface area contributed by atoms with Crippen molar-refractivity contribution >= 4 is 0 Å². The summed E-state index contributed by atoms with van der Waals surface area (Å²) in [6.45, 7) is 3.92. The Kier molecular flexibility index (Phi) is 6.45. The zero-order chi connectivity index (χ0) is 8.69. The Bertz CT molecular complexity index is 87.8. The van der Waals surface area contributed by atoms with Crippen molar-refractivity contribution in [2.45, 2.75) is 45.6 Å². The van der Waals surface area contributed by atoms with E-state index < -0.39 is 0 Å². The van der Waals surface area contributed by atoms with Crippen LogP contribution in [-0.4, -0.2) is 21.9 Å². The molecule has 11 heavy (non-hydrogen) atoms. The lowest BCUT2D eigenvalue weighted by molar-refractivity contribution is -0.503. The van der Waals surface area contributed by atoms with Crippen LogP contribution in [0.4, 0.5) is 0 Å². The zero-order valence-corrected chi connectivity index (χ0v) is 7.16. The van der Waals surface area contributed by atoms with Crippen LogP contribution in [-0.2, 0) is 4.84 Å². The molecular formula is C7H17NO3. The van der Waals surface area contributed by atoms with E-state index >= 15 is 0 Å². The third-order valence-corrected chi connectivity index (χ3v) is 1.49. The predicted octanol–water partition coefficient (Wildman–Crippen LogP) is 1.97. The van der Waals surface area contributed by atoms with Gasteiger partial charge >= 0.3 is 0 Å². The van der Waals surface area contributed by atoms with Gasteiger partial charge in [-0.25, -0.2) is 4.84 Å². The number of hydrogen-bond acceptors (Lipinski definition) is 4. The monoisotopic (exact) mass is 163 g/mol. The standard InChI is InChI=1S/C7H17NO3/c1-3-4-5-6-7(2)11-8(9)10/h7,9-10H,3-6H2,1-2H3. The number of unbranched alkanes of at least 4 members (excludes halogenated alkanes) is 2. The van der Waals surface area contributed by atoms with Crippen LogP contribution in [0.15, 0.2) is 0 Å². The van der Waals surface area contributed by atoms with Gasteiger partial charge in [0.25, 0.3) is 0 Å². The molecule has 0 aliphatic heterocycles. The van der Waals surface area contributed by atoms with Crippen molar-refractivity contribution in [2.75, 3.05) is 0 Å². The molecule has 0 saturated heterocycles. The molecule has 0 radical (unpaired) electrons. The fourth-order valence-corrected chi connectivity index (χ4v) is 0.895. The molecule has 0 bridgehead atoms. The van der Waals surface area contributed by atoms with Crippen LogP contribution < -0.4 is 0 Å². The molecule has 0 heterocycles. The summed E-state index contributed by atoms with van der Waals surface area (Å²) in [5, 5.41) is 16.3. The molecule has 0 amide bonds. The van der Waals surface area contributed by atoms with Crippen molar-refractivity contribution in [3.8, 4) is 0 Å². The molecule has 68 valence electrons. The minimum absolute atomic E-state index is 0.128. The fourth-order valence-electron chi connectivity index (χ4n) is 0.895. The summed E-state index contributed by atoms with van der Waals surface area (Å²) >= 11 is 0. The topological polar surface area (TPSA) is 52.9 Å². The molecule has 1 unspecified atom stereocenters. The normalized spacial score (nSPS) is 13.9. The summed E-state index contributed by atoms with van der Waals surface area (Å²) < 4.78 is 0. The maximum absolute atomic E-state index is 8.25. The number of nitrogens with zero attached hydrogens (tertiary/aromatic N) is 1. The van der Waals surface area contributed by atoms with Gasteiger partial charge in [0.05, 0.1) is 11.5 Å². The smallest absolute Gasteiger partial charge is 0.0816 e. The molecule has 0 aromatic heterocycles. The van der Waals surface area contributed by atoms with E-state index in [4.69, 9.17) is 10.4 Å². The van der Waals surface area contributed by atoms with Crippen molar-refractivity contribution in [3.05, 3.63) is 0 Å². The number of rotatable bonds is 6. The first-order chi connectivity index (χ1) is 5.16. The van der Waals surface area contributed by atoms with Crippen LogP contribution >= 0.6 is 0 Å². The third-order valence-electron chi connectivity index (χ3n) is 1.49. The molecular weight excluding hydrogens is 146 g/mol. The maximum atomic E-state index is 8.25. The summed E-state index contributed by atoms with van der Waals surface area (Å²) in [6.07, 6.45) is 4.10. The van der Waals surface area contributed by atoms with E-state index in [9.17, 15) is 0 Å². The second kappa shape index (κ2) is 6.54. The summed E-state index contributed by atoms with van der Waals surface area (Å²) in [5.74, 6) is 0. The van der Waals surface area contributed by atoms with E-state index in [0.29, 0.717) is 0 Å². The minimum atomic E-state index is -0.226. The van der Waals surface area contributed by atoms with Crippen LogP contribution in [0.1, 0.15) is 39.5 Å². The number of hydrogen-bond donors (Lipinski definition) is 2. The van der Waals surface area contributed by atoms with Crippen LogP contribution in [0, 0.1) is 0 Å². The van der Waals surface area contributed by atoms with Gasteiger partial charge in [-0.2, -0.15) is 0 Å². The van der Waals surface area contributed by atoms with Gasteiger partial charge in [0.1, 0.15) is 0 Å². The first kappa shape index (κ1) is 10.8. The molecule has 0 rings (SSSR count). The quantitative estimate of drug-likeness (QED) is 0.464. The van der Waals surface area contributed by atoms with Gasteiger partial charge in [0, 0.05) is 0 Å². The lowest BCUT2D eigenvalue weighted by Crippen LogP contribution is -2.21. The Morgan fingerprint density at radius 1 is 1.36 bits per heavy atom. The minimum Gasteiger partial charge on any atom is -0.266 e. The highest BCUT2D eigenvalue weighted by Crippen LogP contribution is 2.05. The first-order valence-corrected chi connectivity index (χ1v) is 4.01. The van der Waals surface area contributed by atoms with Crippen molar-refractivity contribution in [3.63, 3.8) is 0 Å². The first-order valence-electron chi connectivity index (χ1n) is 4.01. The molecule has 0 aromatic rings. The largest absolute Gasteiger partial charge is 0.266 e. The zero-order valence-electron chi connectivity index (χ0n) is 7.16. The van der Waals surface area contributed by atoms with Crippen molar-refractivity contribution in [1.29, 1.82) is 0 Å². The van der Waals surface area contributed by atoms with E-state index in [-0.39, 0.29) is 11.5 Å². The summed E-state index contributed by atoms with van der Waals surface area (Å²) in [7, 11) is 0. The van der Waals surface area contributed by atoms with Crippen LogP contribution in [0.5, 0.6) is 0 Å². The van der Waals surface area contributed by atoms with E-state index in [1.165, 1.54) is 0 Å². The van der Waals surface area contributed by atoms with E-state index in [1.54, 1.807) is 6.92 Å². The predicted molar refractivity (Wildman–Crippen MR) is 40.1 cm³/mol. The van der Waals surface area contributed by atoms with Gasteiger partial charge < -0.3 is 0 Å². The van der Waals surface area contributed by atoms with Gasteiger partial charge in [0.2, 0.25) is 0 Å². The molecule has 0 aliphatic rings. The van der Waals surface area contributed by atoms with Gasteiger partial charge in [0.15, 0.2) is 0 Å². The lowest BCUT2D eigenvalue weighted by atomic mass is 10.1. The summed E-state index contributed by atoms with van der Waals surface area (Å²) in [4.78, 5) is 4.54.